The molecule has 0 aromatic heterocycles. The summed E-state index contributed by atoms with van der Waals surface area (Å²) in [6.45, 7) is 2.14. The molecular formula is C23H21NO2S. The van der Waals surface area contributed by atoms with Crippen LogP contribution in [0.25, 0.3) is 0 Å². The van der Waals surface area contributed by atoms with Crippen LogP contribution in [-0.4, -0.2) is 17.9 Å². The molecule has 0 saturated heterocycles. The van der Waals surface area contributed by atoms with E-state index in [1.54, 1.807) is 19.2 Å². The predicted octanol–water partition coefficient (Wildman–Crippen LogP) is 6.07. The predicted molar refractivity (Wildman–Crippen MR) is 112 cm³/mol. The second-order valence-corrected chi connectivity index (χ2v) is 7.83. The molecule has 0 aliphatic carbocycles. The number of benzene rings is 3. The maximum atomic E-state index is 9.63. The van der Waals surface area contributed by atoms with Gasteiger partial charge in [0.25, 0.3) is 0 Å². The van der Waals surface area contributed by atoms with Gasteiger partial charge in [-0.2, -0.15) is 0 Å². The van der Waals surface area contributed by atoms with Crippen molar-refractivity contribution in [1.82, 2.24) is 0 Å². The highest BCUT2D eigenvalue weighted by Gasteiger charge is 2.23. The zero-order valence-corrected chi connectivity index (χ0v) is 16.2. The Balaban J connectivity index is 1.79. The van der Waals surface area contributed by atoms with E-state index in [-0.39, 0.29) is 11.0 Å². The zero-order chi connectivity index (χ0) is 18.8. The number of phenolic OH excluding ortho intramolecular Hbond substituents is 1. The molecule has 27 heavy (non-hydrogen) atoms. The minimum Gasteiger partial charge on any atom is -0.508 e. The number of aryl methyl sites for hydroxylation is 1. The van der Waals surface area contributed by atoms with Crippen molar-refractivity contribution < 1.29 is 9.84 Å². The van der Waals surface area contributed by atoms with Gasteiger partial charge in [0, 0.05) is 22.3 Å². The highest BCUT2D eigenvalue weighted by Crippen LogP contribution is 2.47. The van der Waals surface area contributed by atoms with Crippen LogP contribution in [0.1, 0.15) is 28.4 Å². The van der Waals surface area contributed by atoms with Crippen LogP contribution in [0.3, 0.4) is 0 Å². The van der Waals surface area contributed by atoms with Crippen LogP contribution in [-0.2, 0) is 0 Å². The number of fused-ring (bicyclic) bond motifs is 1. The summed E-state index contributed by atoms with van der Waals surface area (Å²) in [6.07, 6.45) is 0.815. The van der Waals surface area contributed by atoms with Gasteiger partial charge in [0.15, 0.2) is 0 Å². The second kappa shape index (κ2) is 7.49. The molecule has 0 radical (unpaired) electrons. The molecule has 4 heteroatoms. The molecule has 1 N–H and O–H groups in total. The molecule has 3 aromatic rings. The lowest BCUT2D eigenvalue weighted by atomic mass is 10.0. The third-order valence-corrected chi connectivity index (χ3v) is 6.26. The van der Waals surface area contributed by atoms with E-state index in [0.717, 1.165) is 29.1 Å². The first-order valence-corrected chi connectivity index (χ1v) is 9.79. The molecular weight excluding hydrogens is 354 g/mol. The van der Waals surface area contributed by atoms with Gasteiger partial charge in [0.05, 0.1) is 12.8 Å². The largest absolute Gasteiger partial charge is 0.508 e. The molecule has 4 rings (SSSR count). The van der Waals surface area contributed by atoms with Crippen LogP contribution in [0.15, 0.2) is 76.6 Å². The normalized spacial score (nSPS) is 16.2. The number of phenols is 1. The summed E-state index contributed by atoms with van der Waals surface area (Å²) >= 11 is 1.87. The fraction of sp³-hybridized carbons (Fsp3) is 0.174. The SMILES string of the molecule is COc1ccc(C2CC(c3ccc(O)cc3)=Nc3cccc(C)c3S2)cc1. The average Bonchev–Trinajstić information content (AvgIpc) is 2.89. The van der Waals surface area contributed by atoms with Gasteiger partial charge in [-0.1, -0.05) is 24.3 Å². The van der Waals surface area contributed by atoms with Crippen LogP contribution in [0.5, 0.6) is 11.5 Å². The number of aromatic hydroxyl groups is 1. The summed E-state index contributed by atoms with van der Waals surface area (Å²) in [5, 5.41) is 9.88. The Morgan fingerprint density at radius 2 is 1.74 bits per heavy atom. The van der Waals surface area contributed by atoms with Gasteiger partial charge in [-0.05, 0) is 66.1 Å². The maximum absolute atomic E-state index is 9.63. The van der Waals surface area contributed by atoms with Crippen LogP contribution < -0.4 is 4.74 Å². The van der Waals surface area contributed by atoms with Crippen LogP contribution >= 0.6 is 11.8 Å². The number of aliphatic imine (C=N–C) groups is 1. The van der Waals surface area contributed by atoms with Crippen molar-refractivity contribution in [3.8, 4) is 11.5 Å². The molecule has 0 spiro atoms. The number of methoxy groups -OCH3 is 1. The third kappa shape index (κ3) is 3.71. The van der Waals surface area contributed by atoms with Crippen molar-refractivity contribution >= 4 is 23.2 Å². The summed E-state index contributed by atoms with van der Waals surface area (Å²) in [6, 6.07) is 21.9. The Hall–Kier alpha value is -2.72. The standard InChI is InChI=1S/C23H21NO2S/c1-15-4-3-5-20-23(15)27-22(17-8-12-19(26-2)13-9-17)14-21(24-20)16-6-10-18(25)11-7-16/h3-13,22,25H,14H2,1-2H3. The summed E-state index contributed by atoms with van der Waals surface area (Å²) in [5.74, 6) is 1.13. The van der Waals surface area contributed by atoms with Crippen molar-refractivity contribution in [1.29, 1.82) is 0 Å². The van der Waals surface area contributed by atoms with Gasteiger partial charge < -0.3 is 9.84 Å². The molecule has 0 amide bonds. The molecule has 0 fully saturated rings. The Labute approximate surface area is 163 Å². The fourth-order valence-corrected chi connectivity index (χ4v) is 4.58. The summed E-state index contributed by atoms with van der Waals surface area (Å²) in [4.78, 5) is 6.23. The van der Waals surface area contributed by atoms with E-state index in [1.807, 2.05) is 36.0 Å². The van der Waals surface area contributed by atoms with Gasteiger partial charge in [0.2, 0.25) is 0 Å². The van der Waals surface area contributed by atoms with E-state index in [0.29, 0.717) is 0 Å². The summed E-state index contributed by atoms with van der Waals surface area (Å²) in [5.41, 5.74) is 5.59. The van der Waals surface area contributed by atoms with Crippen molar-refractivity contribution in [3.05, 3.63) is 83.4 Å². The van der Waals surface area contributed by atoms with Gasteiger partial charge in [0.1, 0.15) is 11.5 Å². The lowest BCUT2D eigenvalue weighted by Gasteiger charge is -2.17. The molecule has 0 bridgehead atoms. The van der Waals surface area contributed by atoms with E-state index < -0.39 is 0 Å². The Bertz CT molecular complexity index is 978. The first-order chi connectivity index (χ1) is 13.1. The van der Waals surface area contributed by atoms with Crippen molar-refractivity contribution in [2.45, 2.75) is 23.5 Å². The number of thioether (sulfide) groups is 1. The Kier molecular flexibility index (Phi) is 4.90. The number of hydrogen-bond acceptors (Lipinski definition) is 4. The number of rotatable bonds is 3. The maximum Gasteiger partial charge on any atom is 0.118 e. The van der Waals surface area contributed by atoms with Gasteiger partial charge in [-0.15, -0.1) is 11.8 Å². The van der Waals surface area contributed by atoms with E-state index in [2.05, 4.69) is 37.3 Å². The van der Waals surface area contributed by atoms with Crippen LogP contribution in [0.2, 0.25) is 0 Å². The molecule has 3 aromatic carbocycles. The first-order valence-electron chi connectivity index (χ1n) is 8.91. The Morgan fingerprint density at radius 3 is 2.44 bits per heavy atom. The van der Waals surface area contributed by atoms with Gasteiger partial charge in [-0.3, -0.25) is 4.99 Å². The minimum atomic E-state index is 0.255. The highest BCUT2D eigenvalue weighted by molar-refractivity contribution is 7.99. The van der Waals surface area contributed by atoms with E-state index >= 15 is 0 Å². The molecule has 136 valence electrons. The van der Waals surface area contributed by atoms with E-state index in [1.165, 1.54) is 16.0 Å². The van der Waals surface area contributed by atoms with Crippen LogP contribution in [0.4, 0.5) is 5.69 Å². The van der Waals surface area contributed by atoms with E-state index in [9.17, 15) is 5.11 Å². The lowest BCUT2D eigenvalue weighted by Crippen LogP contribution is -2.05. The zero-order valence-electron chi connectivity index (χ0n) is 15.3. The van der Waals surface area contributed by atoms with Gasteiger partial charge in [-0.25, -0.2) is 0 Å². The smallest absolute Gasteiger partial charge is 0.118 e. The van der Waals surface area contributed by atoms with Crippen LogP contribution in [0, 0.1) is 6.92 Å². The number of ether oxygens (including phenoxy) is 1. The number of hydrogen-bond donors (Lipinski definition) is 1. The fourth-order valence-electron chi connectivity index (χ4n) is 3.27. The first kappa shape index (κ1) is 17.7. The summed E-state index contributed by atoms with van der Waals surface area (Å²) < 4.78 is 5.30. The molecule has 3 nitrogen and oxygen atoms in total. The molecule has 1 atom stereocenters. The molecule has 1 aliphatic rings. The Morgan fingerprint density at radius 1 is 1.00 bits per heavy atom. The highest BCUT2D eigenvalue weighted by atomic mass is 32.2. The lowest BCUT2D eigenvalue weighted by molar-refractivity contribution is 0.414. The minimum absolute atomic E-state index is 0.255. The molecule has 1 heterocycles. The number of nitrogens with zero attached hydrogens (tertiary/aromatic N) is 1. The average molecular weight is 375 g/mol. The van der Waals surface area contributed by atoms with Crippen molar-refractivity contribution in [3.63, 3.8) is 0 Å². The third-order valence-electron chi connectivity index (χ3n) is 4.77. The van der Waals surface area contributed by atoms with Crippen molar-refractivity contribution in [2.24, 2.45) is 4.99 Å². The summed E-state index contributed by atoms with van der Waals surface area (Å²) in [7, 11) is 1.69. The molecule has 0 saturated carbocycles. The van der Waals surface area contributed by atoms with E-state index in [4.69, 9.17) is 9.73 Å². The van der Waals surface area contributed by atoms with Crippen molar-refractivity contribution in [2.75, 3.05) is 7.11 Å². The topological polar surface area (TPSA) is 41.8 Å². The quantitative estimate of drug-likeness (QED) is 0.604. The molecule has 1 unspecified atom stereocenters. The monoisotopic (exact) mass is 375 g/mol. The molecule has 1 aliphatic heterocycles. The second-order valence-electron chi connectivity index (χ2n) is 6.61. The van der Waals surface area contributed by atoms with Gasteiger partial charge >= 0.3 is 0 Å².